The van der Waals surface area contributed by atoms with Gasteiger partial charge < -0.3 is 20.1 Å². The molecule has 0 amide bonds. The maximum Gasteiger partial charge on any atom is 0.344 e. The van der Waals surface area contributed by atoms with Crippen LogP contribution in [0.25, 0.3) is 10.8 Å². The molecule has 0 unspecified atom stereocenters. The van der Waals surface area contributed by atoms with Crippen LogP contribution in [0, 0.1) is 6.92 Å². The lowest BCUT2D eigenvalue weighted by atomic mass is 10.0. The van der Waals surface area contributed by atoms with E-state index in [4.69, 9.17) is 15.3 Å². The van der Waals surface area contributed by atoms with Crippen molar-refractivity contribution in [3.8, 4) is 11.5 Å². The minimum absolute atomic E-state index is 0.102. The standard InChI is InChI=1S/C13H12N2O5/c1-6-7-3-9-10(20-5-19-9)4-8(7)11(13(17)18-2)12(16)15(6)14/h3-4H,5,14H2,1-2H3. The summed E-state index contributed by atoms with van der Waals surface area (Å²) in [4.78, 5) is 24.0. The number of hydrogen-bond acceptors (Lipinski definition) is 6. The van der Waals surface area contributed by atoms with E-state index in [1.165, 1.54) is 7.11 Å². The molecule has 1 aliphatic rings. The molecule has 0 bridgehead atoms. The monoisotopic (exact) mass is 276 g/mol. The fourth-order valence-corrected chi connectivity index (χ4v) is 2.27. The molecule has 0 spiro atoms. The maximum absolute atomic E-state index is 12.2. The molecule has 0 aliphatic carbocycles. The summed E-state index contributed by atoms with van der Waals surface area (Å²) in [7, 11) is 1.21. The third-order valence-corrected chi connectivity index (χ3v) is 3.36. The number of aryl methyl sites for hydroxylation is 1. The van der Waals surface area contributed by atoms with Crippen molar-refractivity contribution < 1.29 is 19.0 Å². The first-order chi connectivity index (χ1) is 9.54. The van der Waals surface area contributed by atoms with Crippen LogP contribution in [0.1, 0.15) is 16.1 Å². The average molecular weight is 276 g/mol. The molecule has 0 saturated heterocycles. The molecule has 3 rings (SSSR count). The van der Waals surface area contributed by atoms with E-state index in [0.29, 0.717) is 28.0 Å². The zero-order chi connectivity index (χ0) is 14.4. The second kappa shape index (κ2) is 4.16. The Bertz CT molecular complexity index is 794. The van der Waals surface area contributed by atoms with Crippen LogP contribution in [0.2, 0.25) is 0 Å². The Morgan fingerprint density at radius 3 is 2.50 bits per heavy atom. The minimum atomic E-state index is -0.738. The van der Waals surface area contributed by atoms with Crippen molar-refractivity contribution in [3.05, 3.63) is 33.7 Å². The van der Waals surface area contributed by atoms with E-state index in [9.17, 15) is 9.59 Å². The molecule has 7 nitrogen and oxygen atoms in total. The first kappa shape index (κ1) is 12.3. The summed E-state index contributed by atoms with van der Waals surface area (Å²) in [6.45, 7) is 1.79. The molecule has 0 radical (unpaired) electrons. The summed E-state index contributed by atoms with van der Waals surface area (Å²) in [6.07, 6.45) is 0. The number of esters is 1. The second-order valence-corrected chi connectivity index (χ2v) is 4.38. The van der Waals surface area contributed by atoms with E-state index in [-0.39, 0.29) is 12.4 Å². The van der Waals surface area contributed by atoms with Crippen molar-refractivity contribution in [2.75, 3.05) is 19.7 Å². The number of fused-ring (bicyclic) bond motifs is 2. The summed E-state index contributed by atoms with van der Waals surface area (Å²) in [6, 6.07) is 3.29. The molecule has 0 fully saturated rings. The van der Waals surface area contributed by atoms with Gasteiger partial charge in [0.2, 0.25) is 6.79 Å². The van der Waals surface area contributed by atoms with Crippen LogP contribution in [0.4, 0.5) is 0 Å². The zero-order valence-corrected chi connectivity index (χ0v) is 10.9. The first-order valence-electron chi connectivity index (χ1n) is 5.87. The number of pyridine rings is 1. The molecule has 2 heterocycles. The summed E-state index contributed by atoms with van der Waals surface area (Å²) >= 11 is 0. The Morgan fingerprint density at radius 1 is 1.30 bits per heavy atom. The predicted molar refractivity (Wildman–Crippen MR) is 70.6 cm³/mol. The summed E-state index contributed by atoms with van der Waals surface area (Å²) in [5.41, 5.74) is -0.203. The first-order valence-corrected chi connectivity index (χ1v) is 5.87. The molecule has 2 N–H and O–H groups in total. The third kappa shape index (κ3) is 1.52. The van der Waals surface area contributed by atoms with Gasteiger partial charge in [0.15, 0.2) is 11.5 Å². The Labute approximate surface area is 113 Å². The number of carbonyl (C=O) groups is 1. The van der Waals surface area contributed by atoms with Crippen molar-refractivity contribution in [1.29, 1.82) is 0 Å². The Morgan fingerprint density at radius 2 is 1.90 bits per heavy atom. The van der Waals surface area contributed by atoms with Gasteiger partial charge in [-0.2, -0.15) is 0 Å². The molecule has 1 aromatic carbocycles. The predicted octanol–water partition coefficient (Wildman–Crippen LogP) is 0.539. The number of hydrogen-bond donors (Lipinski definition) is 1. The number of nitrogens with zero attached hydrogens (tertiary/aromatic N) is 1. The highest BCUT2D eigenvalue weighted by atomic mass is 16.7. The summed E-state index contributed by atoms with van der Waals surface area (Å²) in [5.74, 6) is 6.01. The van der Waals surface area contributed by atoms with Crippen molar-refractivity contribution in [2.45, 2.75) is 6.92 Å². The molecule has 0 saturated carbocycles. The van der Waals surface area contributed by atoms with E-state index < -0.39 is 11.5 Å². The van der Waals surface area contributed by atoms with Crippen LogP contribution < -0.4 is 20.9 Å². The van der Waals surface area contributed by atoms with E-state index in [1.807, 2.05) is 0 Å². The fourth-order valence-electron chi connectivity index (χ4n) is 2.27. The number of methoxy groups -OCH3 is 1. The van der Waals surface area contributed by atoms with Gasteiger partial charge >= 0.3 is 5.97 Å². The van der Waals surface area contributed by atoms with E-state index in [2.05, 4.69) is 4.74 Å². The molecule has 104 valence electrons. The van der Waals surface area contributed by atoms with Crippen molar-refractivity contribution >= 4 is 16.7 Å². The van der Waals surface area contributed by atoms with Crippen LogP contribution in [0.5, 0.6) is 11.5 Å². The number of benzene rings is 1. The highest BCUT2D eigenvalue weighted by Crippen LogP contribution is 2.37. The molecular formula is C13H12N2O5. The van der Waals surface area contributed by atoms with Gasteiger partial charge in [0, 0.05) is 16.5 Å². The van der Waals surface area contributed by atoms with Crippen molar-refractivity contribution in [1.82, 2.24) is 4.68 Å². The van der Waals surface area contributed by atoms with E-state index in [1.54, 1.807) is 19.1 Å². The minimum Gasteiger partial charge on any atom is -0.465 e. The van der Waals surface area contributed by atoms with Crippen LogP contribution in [0.3, 0.4) is 0 Å². The van der Waals surface area contributed by atoms with Crippen molar-refractivity contribution in [2.24, 2.45) is 0 Å². The van der Waals surface area contributed by atoms with Crippen molar-refractivity contribution in [3.63, 3.8) is 0 Å². The molecule has 1 aliphatic heterocycles. The van der Waals surface area contributed by atoms with Gasteiger partial charge in [0.1, 0.15) is 5.56 Å². The lowest BCUT2D eigenvalue weighted by molar-refractivity contribution is 0.0600. The smallest absolute Gasteiger partial charge is 0.344 e. The summed E-state index contributed by atoms with van der Waals surface area (Å²) in [5, 5.41) is 1.07. The Kier molecular flexibility index (Phi) is 2.56. The number of ether oxygens (including phenoxy) is 3. The third-order valence-electron chi connectivity index (χ3n) is 3.36. The van der Waals surface area contributed by atoms with Crippen LogP contribution in [0.15, 0.2) is 16.9 Å². The molecule has 2 aromatic rings. The maximum atomic E-state index is 12.2. The lowest BCUT2D eigenvalue weighted by Gasteiger charge is -2.12. The van der Waals surface area contributed by atoms with Crippen LogP contribution in [-0.4, -0.2) is 24.5 Å². The molecule has 1 aromatic heterocycles. The van der Waals surface area contributed by atoms with E-state index >= 15 is 0 Å². The molecular weight excluding hydrogens is 264 g/mol. The largest absolute Gasteiger partial charge is 0.465 e. The number of nitrogen functional groups attached to an aromatic ring is 1. The van der Waals surface area contributed by atoms with Gasteiger partial charge in [-0.25, -0.2) is 9.47 Å². The van der Waals surface area contributed by atoms with Crippen LogP contribution in [-0.2, 0) is 4.74 Å². The van der Waals surface area contributed by atoms with Gasteiger partial charge in [0.05, 0.1) is 7.11 Å². The van der Waals surface area contributed by atoms with Gasteiger partial charge in [0.25, 0.3) is 5.56 Å². The summed E-state index contributed by atoms with van der Waals surface area (Å²) < 4.78 is 16.1. The van der Waals surface area contributed by atoms with Crippen LogP contribution >= 0.6 is 0 Å². The quantitative estimate of drug-likeness (QED) is 0.603. The normalized spacial score (nSPS) is 12.7. The molecule has 7 heteroatoms. The van der Waals surface area contributed by atoms with Gasteiger partial charge in [-0.1, -0.05) is 0 Å². The lowest BCUT2D eigenvalue weighted by Crippen LogP contribution is -2.34. The number of rotatable bonds is 1. The SMILES string of the molecule is COC(=O)c1c(=O)n(N)c(C)c2cc3c(cc12)OCO3. The molecule has 0 atom stereocenters. The Hall–Kier alpha value is -2.70. The highest BCUT2D eigenvalue weighted by Gasteiger charge is 2.23. The second-order valence-electron chi connectivity index (χ2n) is 4.38. The topological polar surface area (TPSA) is 92.8 Å². The number of carbonyl (C=O) groups excluding carboxylic acids is 1. The number of aromatic nitrogens is 1. The van der Waals surface area contributed by atoms with Gasteiger partial charge in [-0.05, 0) is 19.1 Å². The fraction of sp³-hybridized carbons (Fsp3) is 0.231. The van der Waals surface area contributed by atoms with Gasteiger partial charge in [-0.15, -0.1) is 0 Å². The van der Waals surface area contributed by atoms with Gasteiger partial charge in [-0.3, -0.25) is 4.79 Å². The molecule has 20 heavy (non-hydrogen) atoms. The van der Waals surface area contributed by atoms with E-state index in [0.717, 1.165) is 4.68 Å². The number of nitrogens with two attached hydrogens (primary N) is 1. The zero-order valence-electron chi connectivity index (χ0n) is 10.9. The highest BCUT2D eigenvalue weighted by molar-refractivity contribution is 6.05. The Balaban J connectivity index is 2.48. The average Bonchev–Trinajstić information content (AvgIpc) is 2.90.